The van der Waals surface area contributed by atoms with Crippen LogP contribution in [0.4, 0.5) is 0 Å². The molecule has 1 spiro atoms. The molecule has 2 aromatic rings. The zero-order valence-electron chi connectivity index (χ0n) is 19.6. The lowest BCUT2D eigenvalue weighted by Gasteiger charge is -2.47. The van der Waals surface area contributed by atoms with E-state index >= 15 is 0 Å². The number of aromatic nitrogens is 2. The van der Waals surface area contributed by atoms with Crippen molar-refractivity contribution < 1.29 is 8.42 Å². The number of hydrogen-bond acceptors (Lipinski definition) is 5. The molecule has 0 radical (unpaired) electrons. The molecule has 0 N–H and O–H groups in total. The summed E-state index contributed by atoms with van der Waals surface area (Å²) in [4.78, 5) is 11.3. The van der Waals surface area contributed by atoms with Crippen LogP contribution in [0.1, 0.15) is 52.9 Å². The van der Waals surface area contributed by atoms with E-state index in [1.807, 2.05) is 12.1 Å². The van der Waals surface area contributed by atoms with Crippen LogP contribution in [0.25, 0.3) is 11.3 Å². The summed E-state index contributed by atoms with van der Waals surface area (Å²) in [5.41, 5.74) is 2.16. The second-order valence-corrected chi connectivity index (χ2v) is 12.6. The van der Waals surface area contributed by atoms with Crippen molar-refractivity contribution in [2.75, 3.05) is 32.7 Å². The van der Waals surface area contributed by atoms with E-state index in [0.29, 0.717) is 18.5 Å². The average Bonchev–Trinajstić information content (AvgIpc) is 2.79. The number of rotatable bonds is 5. The van der Waals surface area contributed by atoms with E-state index < -0.39 is 10.0 Å². The Morgan fingerprint density at radius 1 is 1.00 bits per heavy atom. The van der Waals surface area contributed by atoms with E-state index in [2.05, 4.69) is 35.6 Å². The van der Waals surface area contributed by atoms with Gasteiger partial charge in [-0.15, -0.1) is 0 Å². The van der Waals surface area contributed by atoms with Gasteiger partial charge in [-0.2, -0.15) is 4.31 Å². The highest BCUT2D eigenvalue weighted by Crippen LogP contribution is 2.41. The second kappa shape index (κ2) is 9.20. The maximum absolute atomic E-state index is 13.4. The smallest absolute Gasteiger partial charge is 0.244 e. The van der Waals surface area contributed by atoms with Crippen LogP contribution in [0.5, 0.6) is 0 Å². The zero-order chi connectivity index (χ0) is 22.8. The molecule has 2 saturated heterocycles. The van der Waals surface area contributed by atoms with Gasteiger partial charge in [-0.05, 0) is 86.8 Å². The normalized spacial score (nSPS) is 20.5. The van der Waals surface area contributed by atoms with Gasteiger partial charge in [0.2, 0.25) is 10.0 Å². The highest BCUT2D eigenvalue weighted by atomic mass is 32.2. The summed E-state index contributed by atoms with van der Waals surface area (Å²) < 4.78 is 28.5. The van der Waals surface area contributed by atoms with E-state index in [0.717, 1.165) is 56.6 Å². The van der Waals surface area contributed by atoms with E-state index in [1.54, 1.807) is 28.8 Å². The first-order valence-corrected chi connectivity index (χ1v) is 13.2. The number of pyridine rings is 2. The van der Waals surface area contributed by atoms with Crippen molar-refractivity contribution in [1.82, 2.24) is 19.2 Å². The SMILES string of the molecule is CC(C)(C)CCN1CCC2(CCCN(S(=O)(=O)c3ccc(-c4ccncc4)nc3)C2)CC1. The fourth-order valence-electron chi connectivity index (χ4n) is 4.90. The van der Waals surface area contributed by atoms with Crippen molar-refractivity contribution in [2.24, 2.45) is 10.8 Å². The monoisotopic (exact) mass is 456 g/mol. The first-order chi connectivity index (χ1) is 15.2. The third kappa shape index (κ3) is 5.38. The van der Waals surface area contributed by atoms with Crippen LogP contribution in [0, 0.1) is 10.8 Å². The molecule has 0 amide bonds. The third-order valence-corrected chi connectivity index (χ3v) is 8.90. The predicted octanol–water partition coefficient (Wildman–Crippen LogP) is 4.45. The Morgan fingerprint density at radius 2 is 1.72 bits per heavy atom. The number of nitrogens with zero attached hydrogens (tertiary/aromatic N) is 4. The maximum Gasteiger partial charge on any atom is 0.244 e. The van der Waals surface area contributed by atoms with Gasteiger partial charge in [0.05, 0.1) is 5.69 Å². The molecule has 2 fully saturated rings. The summed E-state index contributed by atoms with van der Waals surface area (Å²) in [6, 6.07) is 7.22. The highest BCUT2D eigenvalue weighted by Gasteiger charge is 2.42. The molecule has 4 rings (SSSR count). The highest BCUT2D eigenvalue weighted by molar-refractivity contribution is 7.89. The molecule has 2 aliphatic rings. The van der Waals surface area contributed by atoms with Crippen molar-refractivity contribution in [3.63, 3.8) is 0 Å². The van der Waals surface area contributed by atoms with Gasteiger partial charge in [-0.1, -0.05) is 20.8 Å². The van der Waals surface area contributed by atoms with E-state index in [1.165, 1.54) is 12.6 Å². The van der Waals surface area contributed by atoms with E-state index in [9.17, 15) is 8.42 Å². The van der Waals surface area contributed by atoms with Crippen LogP contribution >= 0.6 is 0 Å². The quantitative estimate of drug-likeness (QED) is 0.665. The number of piperidine rings is 2. The molecule has 0 saturated carbocycles. The van der Waals surface area contributed by atoms with Gasteiger partial charge in [0.1, 0.15) is 4.90 Å². The minimum Gasteiger partial charge on any atom is -0.303 e. The van der Waals surface area contributed by atoms with Gasteiger partial charge in [0, 0.05) is 37.2 Å². The molecule has 7 heteroatoms. The van der Waals surface area contributed by atoms with Gasteiger partial charge < -0.3 is 4.90 Å². The first kappa shape index (κ1) is 23.3. The molecule has 0 atom stereocenters. The summed E-state index contributed by atoms with van der Waals surface area (Å²) in [5.74, 6) is 0. The minimum absolute atomic E-state index is 0.119. The average molecular weight is 457 g/mol. The van der Waals surface area contributed by atoms with Crippen molar-refractivity contribution in [1.29, 1.82) is 0 Å². The largest absolute Gasteiger partial charge is 0.303 e. The fraction of sp³-hybridized carbons (Fsp3) is 0.600. The molecule has 174 valence electrons. The van der Waals surface area contributed by atoms with Crippen LogP contribution in [-0.2, 0) is 10.0 Å². The lowest BCUT2D eigenvalue weighted by Crippen LogP contribution is -2.51. The molecular weight excluding hydrogens is 420 g/mol. The Labute approximate surface area is 193 Å². The van der Waals surface area contributed by atoms with Crippen molar-refractivity contribution in [2.45, 2.75) is 57.8 Å². The molecule has 6 nitrogen and oxygen atoms in total. The predicted molar refractivity (Wildman–Crippen MR) is 128 cm³/mol. The number of likely N-dealkylation sites (tertiary alicyclic amines) is 1. The molecule has 2 aliphatic heterocycles. The molecule has 2 aromatic heterocycles. The van der Waals surface area contributed by atoms with Crippen molar-refractivity contribution >= 4 is 10.0 Å². The van der Waals surface area contributed by atoms with Crippen LogP contribution < -0.4 is 0 Å². The molecule has 4 heterocycles. The summed E-state index contributed by atoms with van der Waals surface area (Å²) in [6.07, 6.45) is 10.4. The topological polar surface area (TPSA) is 66.4 Å². The Bertz CT molecular complexity index is 992. The summed E-state index contributed by atoms with van der Waals surface area (Å²) in [5, 5.41) is 0. The van der Waals surface area contributed by atoms with Crippen molar-refractivity contribution in [3.8, 4) is 11.3 Å². The third-order valence-electron chi connectivity index (χ3n) is 7.07. The number of hydrogen-bond donors (Lipinski definition) is 0. The molecule has 0 aliphatic carbocycles. The van der Waals surface area contributed by atoms with Gasteiger partial charge in [-0.25, -0.2) is 8.42 Å². The lowest BCUT2D eigenvalue weighted by atomic mass is 9.73. The summed E-state index contributed by atoms with van der Waals surface area (Å²) in [6.45, 7) is 11.4. The molecule has 32 heavy (non-hydrogen) atoms. The second-order valence-electron chi connectivity index (χ2n) is 10.7. The molecule has 0 unspecified atom stereocenters. The van der Waals surface area contributed by atoms with E-state index in [4.69, 9.17) is 0 Å². The molecular formula is C25H36N4O2S. The van der Waals surface area contributed by atoms with Gasteiger partial charge in [-0.3, -0.25) is 9.97 Å². The Balaban J connectivity index is 1.42. The van der Waals surface area contributed by atoms with Gasteiger partial charge >= 0.3 is 0 Å². The van der Waals surface area contributed by atoms with E-state index in [-0.39, 0.29) is 10.3 Å². The Hall–Kier alpha value is -1.83. The molecule has 0 aromatic carbocycles. The first-order valence-electron chi connectivity index (χ1n) is 11.8. The lowest BCUT2D eigenvalue weighted by molar-refractivity contribution is 0.0485. The molecule has 0 bridgehead atoms. The van der Waals surface area contributed by atoms with Gasteiger partial charge in [0.15, 0.2) is 0 Å². The zero-order valence-corrected chi connectivity index (χ0v) is 20.4. The van der Waals surface area contributed by atoms with Crippen LogP contribution in [0.3, 0.4) is 0 Å². The minimum atomic E-state index is -3.53. The Morgan fingerprint density at radius 3 is 2.34 bits per heavy atom. The van der Waals surface area contributed by atoms with Crippen molar-refractivity contribution in [3.05, 3.63) is 42.9 Å². The van der Waals surface area contributed by atoms with Crippen LogP contribution in [0.2, 0.25) is 0 Å². The fourth-order valence-corrected chi connectivity index (χ4v) is 6.43. The maximum atomic E-state index is 13.4. The summed E-state index contributed by atoms with van der Waals surface area (Å²) >= 11 is 0. The summed E-state index contributed by atoms with van der Waals surface area (Å²) in [7, 11) is -3.53. The van der Waals surface area contributed by atoms with Gasteiger partial charge in [0.25, 0.3) is 0 Å². The van der Waals surface area contributed by atoms with Crippen LogP contribution in [0.15, 0.2) is 47.8 Å². The Kier molecular flexibility index (Phi) is 6.71. The number of sulfonamides is 1. The van der Waals surface area contributed by atoms with Crippen LogP contribution in [-0.4, -0.2) is 60.3 Å². The standard InChI is InChI=1S/C25H36N4O2S/c1-24(2,3)10-16-28-17-11-25(12-18-28)9-4-15-29(20-25)32(30,31)22-5-6-23(27-19-22)21-7-13-26-14-8-21/h5-8,13-14,19H,4,9-12,15-18,20H2,1-3H3.